The summed E-state index contributed by atoms with van der Waals surface area (Å²) in [5.41, 5.74) is -0.0783. The van der Waals surface area contributed by atoms with Gasteiger partial charge in [0.2, 0.25) is 0 Å². The van der Waals surface area contributed by atoms with Crippen molar-refractivity contribution in [3.63, 3.8) is 0 Å². The summed E-state index contributed by atoms with van der Waals surface area (Å²) in [5, 5.41) is 0.999. The third-order valence-electron chi connectivity index (χ3n) is 2.59. The average molecular weight is 268 g/mol. The third-order valence-corrected chi connectivity index (χ3v) is 5.64. The molecule has 0 radical (unpaired) electrons. The molecule has 0 spiro atoms. The van der Waals surface area contributed by atoms with E-state index in [0.29, 0.717) is 0 Å². The summed E-state index contributed by atoms with van der Waals surface area (Å²) >= 11 is 10.9. The highest BCUT2D eigenvalue weighted by molar-refractivity contribution is 8.12. The first kappa shape index (κ1) is 10.3. The van der Waals surface area contributed by atoms with Gasteiger partial charge in [-0.15, -0.1) is 0 Å². The predicted molar refractivity (Wildman–Crippen MR) is 67.8 cm³/mol. The number of halogens is 1. The number of hydrogen-bond donors (Lipinski definition) is 0. The van der Waals surface area contributed by atoms with Crippen LogP contribution in [0.5, 0.6) is 5.75 Å². The Bertz CT molecular complexity index is 611. The lowest BCUT2D eigenvalue weighted by Crippen LogP contribution is -2.15. The molecule has 0 bridgehead atoms. The number of hydrogen-bond acceptors (Lipinski definition) is 2. The molecule has 1 heterocycles. The molecule has 80 valence electrons. The molecule has 0 aliphatic carbocycles. The van der Waals surface area contributed by atoms with Gasteiger partial charge in [-0.05, 0) is 12.1 Å². The van der Waals surface area contributed by atoms with E-state index in [0.717, 1.165) is 22.2 Å². The van der Waals surface area contributed by atoms with Crippen molar-refractivity contribution < 1.29 is 15.8 Å². The van der Waals surface area contributed by atoms with Gasteiger partial charge in [0.25, 0.3) is 0 Å². The van der Waals surface area contributed by atoms with Crippen LogP contribution in [0.2, 0.25) is 0 Å². The van der Waals surface area contributed by atoms with Crippen LogP contribution in [0.25, 0.3) is 11.1 Å². The first-order chi connectivity index (χ1) is 7.68. The van der Waals surface area contributed by atoms with Crippen LogP contribution in [0.4, 0.5) is 0 Å². The third kappa shape index (κ3) is 1.49. The molecule has 1 atom stereocenters. The molecule has 0 saturated heterocycles. The largest absolute Gasteiger partial charge is 0.417 e. The summed E-state index contributed by atoms with van der Waals surface area (Å²) in [6.45, 7) is 0. The van der Waals surface area contributed by atoms with Crippen molar-refractivity contribution in [2.75, 3.05) is 0 Å². The van der Waals surface area contributed by atoms with E-state index in [9.17, 15) is 0 Å². The Hall–Kier alpha value is -0.820. The van der Waals surface area contributed by atoms with E-state index in [1.54, 1.807) is 0 Å². The lowest BCUT2D eigenvalue weighted by Gasteiger charge is -2.21. The van der Waals surface area contributed by atoms with Gasteiger partial charge in [0.15, 0.2) is 11.2 Å². The molecular formula is C12H9ClOPS+. The van der Waals surface area contributed by atoms with Gasteiger partial charge >= 0.3 is 5.62 Å². The predicted octanol–water partition coefficient (Wildman–Crippen LogP) is 2.96. The van der Waals surface area contributed by atoms with Crippen LogP contribution in [0.15, 0.2) is 48.5 Å². The zero-order valence-corrected chi connectivity index (χ0v) is 10.8. The van der Waals surface area contributed by atoms with E-state index in [1.807, 2.05) is 42.5 Å². The van der Waals surface area contributed by atoms with Crippen LogP contribution >= 0.6 is 5.62 Å². The topological polar surface area (TPSA) is 9.23 Å². The van der Waals surface area contributed by atoms with Crippen molar-refractivity contribution in [1.29, 1.82) is 0 Å². The fraction of sp³-hybridized carbons (Fsp3) is 0. The Balaban J connectivity index is 2.38. The van der Waals surface area contributed by atoms with Gasteiger partial charge in [-0.3, -0.25) is 0 Å². The molecule has 1 aliphatic rings. The highest BCUT2D eigenvalue weighted by Crippen LogP contribution is 2.52. The summed E-state index contributed by atoms with van der Waals surface area (Å²) in [4.78, 5) is 0. The second-order valence-electron chi connectivity index (χ2n) is 3.60. The van der Waals surface area contributed by atoms with Crippen molar-refractivity contribution in [1.82, 2.24) is 0 Å². The zero-order valence-electron chi connectivity index (χ0n) is 8.29. The Kier molecular flexibility index (Phi) is 2.32. The monoisotopic (exact) mass is 267 g/mol. The molecule has 0 fully saturated rings. The van der Waals surface area contributed by atoms with Crippen LogP contribution in [-0.2, 0) is 11.8 Å². The first-order valence-corrected chi connectivity index (χ1v) is 8.61. The number of benzene rings is 2. The molecule has 2 aromatic carbocycles. The maximum atomic E-state index is 5.79. The fourth-order valence-corrected chi connectivity index (χ4v) is 4.60. The maximum absolute atomic E-state index is 5.79. The number of para-hydroxylation sites is 1. The fourth-order valence-electron chi connectivity index (χ4n) is 1.89. The standard InChI is InChI=1S/C12H9ClOPS/c13-15(16)12-8-4-2-6-10(12)9-5-1-3-7-11(9)14-15/h1-8,13H/q+1. The average Bonchev–Trinajstić information content (AvgIpc) is 2.29. The van der Waals surface area contributed by atoms with E-state index < -0.39 is 5.62 Å². The molecule has 1 unspecified atom stereocenters. The van der Waals surface area contributed by atoms with Crippen molar-refractivity contribution in [2.45, 2.75) is 0 Å². The maximum Gasteiger partial charge on any atom is 0.408 e. The molecule has 3 rings (SSSR count). The second-order valence-corrected chi connectivity index (χ2v) is 9.04. The Morgan fingerprint density at radius 3 is 2.38 bits per heavy atom. The number of rotatable bonds is 0. The van der Waals surface area contributed by atoms with E-state index in [-0.39, 0.29) is 0 Å². The van der Waals surface area contributed by atoms with E-state index in [2.05, 4.69) is 6.07 Å². The second kappa shape index (κ2) is 3.59. The van der Waals surface area contributed by atoms with Crippen molar-refractivity contribution in [3.8, 4) is 16.9 Å². The van der Waals surface area contributed by atoms with E-state index in [1.165, 1.54) is 0 Å². The van der Waals surface area contributed by atoms with Gasteiger partial charge < -0.3 is 4.52 Å². The van der Waals surface area contributed by atoms with Crippen LogP contribution in [0, 0.1) is 11.2 Å². The van der Waals surface area contributed by atoms with Crippen molar-refractivity contribution in [3.05, 3.63) is 48.5 Å². The summed E-state index contributed by atoms with van der Waals surface area (Å²) in [5.74, 6) is 0.819. The normalized spacial score (nSPS) is 21.8. The molecule has 0 amide bonds. The van der Waals surface area contributed by atoms with Gasteiger partial charge in [0, 0.05) is 22.9 Å². The molecule has 0 aromatic heterocycles. The van der Waals surface area contributed by atoms with Crippen LogP contribution in [-0.4, -0.2) is 0 Å². The van der Waals surface area contributed by atoms with Gasteiger partial charge in [-0.2, -0.15) is 0 Å². The smallest absolute Gasteiger partial charge is 0.408 e. The van der Waals surface area contributed by atoms with Gasteiger partial charge in [0.1, 0.15) is 5.75 Å². The van der Waals surface area contributed by atoms with E-state index >= 15 is 0 Å². The molecule has 1 aliphatic heterocycles. The SMILES string of the molecule is S=P1([ClH+])Oc2ccccc2-c2ccccc21. The minimum Gasteiger partial charge on any atom is -0.417 e. The minimum atomic E-state index is -2.29. The number of fused-ring (bicyclic) bond motifs is 3. The van der Waals surface area contributed by atoms with Crippen LogP contribution < -0.4 is 9.83 Å². The summed E-state index contributed by atoms with van der Waals surface area (Å²) in [6.07, 6.45) is 0. The van der Waals surface area contributed by atoms with Crippen LogP contribution in [0.1, 0.15) is 0 Å². The summed E-state index contributed by atoms with van der Waals surface area (Å²) in [7, 11) is 0. The highest BCUT2D eigenvalue weighted by Gasteiger charge is 2.36. The lowest BCUT2D eigenvalue weighted by atomic mass is 10.0. The van der Waals surface area contributed by atoms with Crippen LogP contribution in [0.3, 0.4) is 0 Å². The summed E-state index contributed by atoms with van der Waals surface area (Å²) in [6, 6.07) is 15.9. The highest BCUT2D eigenvalue weighted by atomic mass is 35.7. The van der Waals surface area contributed by atoms with Gasteiger partial charge in [0.05, 0.1) is 5.30 Å². The molecule has 1 nitrogen and oxygen atoms in total. The van der Waals surface area contributed by atoms with Crippen molar-refractivity contribution in [2.24, 2.45) is 0 Å². The zero-order chi connectivity index (χ0) is 11.2. The Morgan fingerprint density at radius 2 is 1.56 bits per heavy atom. The van der Waals surface area contributed by atoms with Gasteiger partial charge in [-0.1, -0.05) is 36.4 Å². The molecule has 16 heavy (non-hydrogen) atoms. The minimum absolute atomic E-state index is 0.819. The van der Waals surface area contributed by atoms with Gasteiger partial charge in [-0.25, -0.2) is 0 Å². The Labute approximate surface area is 104 Å². The molecular weight excluding hydrogens is 259 g/mol. The Morgan fingerprint density at radius 1 is 0.938 bits per heavy atom. The quantitative estimate of drug-likeness (QED) is 0.679. The molecule has 0 N–H and O–H groups in total. The lowest BCUT2D eigenvalue weighted by molar-refractivity contribution is -0.171. The van der Waals surface area contributed by atoms with Crippen molar-refractivity contribution >= 4 is 22.7 Å². The first-order valence-electron chi connectivity index (χ1n) is 4.88. The molecule has 2 aromatic rings. The molecule has 4 heteroatoms. The summed E-state index contributed by atoms with van der Waals surface area (Å²) < 4.78 is 5.79. The van der Waals surface area contributed by atoms with E-state index in [4.69, 9.17) is 27.6 Å². The molecule has 0 saturated carbocycles.